The SMILES string of the molecule is C[C]1CCn2ncnc21. The highest BCUT2D eigenvalue weighted by atomic mass is 15.3. The predicted molar refractivity (Wildman–Crippen MR) is 32.7 cm³/mol. The first-order valence-corrected chi connectivity index (χ1v) is 3.08. The molecule has 9 heavy (non-hydrogen) atoms. The van der Waals surface area contributed by atoms with Gasteiger partial charge in [0.25, 0.3) is 0 Å². The second-order valence-electron chi connectivity index (χ2n) is 2.34. The van der Waals surface area contributed by atoms with E-state index in [1.165, 1.54) is 5.92 Å². The van der Waals surface area contributed by atoms with Crippen molar-refractivity contribution in [2.45, 2.75) is 19.9 Å². The fourth-order valence-corrected chi connectivity index (χ4v) is 1.14. The smallest absolute Gasteiger partial charge is 0.138 e. The van der Waals surface area contributed by atoms with Gasteiger partial charge in [0.1, 0.15) is 12.2 Å². The van der Waals surface area contributed by atoms with Crippen LogP contribution in [0.4, 0.5) is 0 Å². The van der Waals surface area contributed by atoms with Gasteiger partial charge in [0.05, 0.1) is 0 Å². The van der Waals surface area contributed by atoms with Gasteiger partial charge in [-0.1, -0.05) is 6.92 Å². The molecule has 1 radical (unpaired) electrons. The Morgan fingerprint density at radius 1 is 1.67 bits per heavy atom. The molecule has 0 unspecified atom stereocenters. The average Bonchev–Trinajstić information content (AvgIpc) is 2.35. The lowest BCUT2D eigenvalue weighted by molar-refractivity contribution is 0.658. The summed E-state index contributed by atoms with van der Waals surface area (Å²) >= 11 is 0. The molecule has 1 aromatic heterocycles. The van der Waals surface area contributed by atoms with Crippen LogP contribution in [0.15, 0.2) is 6.33 Å². The van der Waals surface area contributed by atoms with Gasteiger partial charge in [0.15, 0.2) is 0 Å². The fraction of sp³-hybridized carbons (Fsp3) is 0.500. The molecular weight excluding hydrogens is 114 g/mol. The van der Waals surface area contributed by atoms with Gasteiger partial charge in [-0.2, -0.15) is 5.10 Å². The molecule has 0 aromatic carbocycles. The van der Waals surface area contributed by atoms with E-state index in [1.54, 1.807) is 6.33 Å². The first-order chi connectivity index (χ1) is 4.38. The van der Waals surface area contributed by atoms with Crippen LogP contribution in [0.25, 0.3) is 0 Å². The summed E-state index contributed by atoms with van der Waals surface area (Å²) in [7, 11) is 0. The Labute approximate surface area is 53.7 Å². The van der Waals surface area contributed by atoms with Crippen molar-refractivity contribution in [2.24, 2.45) is 0 Å². The van der Waals surface area contributed by atoms with Gasteiger partial charge in [0.2, 0.25) is 0 Å². The summed E-state index contributed by atoms with van der Waals surface area (Å²) in [4.78, 5) is 4.09. The number of nitrogens with zero attached hydrogens (tertiary/aromatic N) is 3. The number of rotatable bonds is 0. The largest absolute Gasteiger partial charge is 0.249 e. The van der Waals surface area contributed by atoms with Gasteiger partial charge in [0, 0.05) is 12.5 Å². The van der Waals surface area contributed by atoms with E-state index in [1.807, 2.05) is 4.68 Å². The summed E-state index contributed by atoms with van der Waals surface area (Å²) in [5.41, 5.74) is 0. The zero-order valence-electron chi connectivity index (χ0n) is 5.33. The van der Waals surface area contributed by atoms with Crippen LogP contribution in [-0.2, 0) is 6.54 Å². The van der Waals surface area contributed by atoms with E-state index in [2.05, 4.69) is 17.0 Å². The van der Waals surface area contributed by atoms with Crippen molar-refractivity contribution in [2.75, 3.05) is 0 Å². The van der Waals surface area contributed by atoms with Crippen molar-refractivity contribution in [3.63, 3.8) is 0 Å². The number of aryl methyl sites for hydroxylation is 1. The zero-order chi connectivity index (χ0) is 6.27. The molecule has 47 valence electrons. The lowest BCUT2D eigenvalue weighted by Gasteiger charge is -1.91. The van der Waals surface area contributed by atoms with E-state index in [9.17, 15) is 0 Å². The summed E-state index contributed by atoms with van der Waals surface area (Å²) in [5, 5.41) is 4.03. The van der Waals surface area contributed by atoms with E-state index in [0.29, 0.717) is 0 Å². The van der Waals surface area contributed by atoms with Gasteiger partial charge in [-0.25, -0.2) is 9.67 Å². The summed E-state index contributed by atoms with van der Waals surface area (Å²) < 4.78 is 1.94. The minimum absolute atomic E-state index is 1.02. The summed E-state index contributed by atoms with van der Waals surface area (Å²) in [5.74, 6) is 2.42. The van der Waals surface area contributed by atoms with Crippen molar-refractivity contribution in [3.8, 4) is 0 Å². The molecular formula is C6H8N3. The molecule has 0 saturated carbocycles. The van der Waals surface area contributed by atoms with Crippen LogP contribution in [0, 0.1) is 5.92 Å². The maximum Gasteiger partial charge on any atom is 0.138 e. The normalized spacial score (nSPS) is 18.3. The van der Waals surface area contributed by atoms with Crippen LogP contribution in [0.2, 0.25) is 0 Å². The molecule has 1 aromatic rings. The van der Waals surface area contributed by atoms with Gasteiger partial charge < -0.3 is 0 Å². The summed E-state index contributed by atoms with van der Waals surface area (Å²) in [6, 6.07) is 0. The van der Waals surface area contributed by atoms with Crippen LogP contribution in [-0.4, -0.2) is 14.8 Å². The van der Waals surface area contributed by atoms with Crippen LogP contribution in [0.1, 0.15) is 19.2 Å². The summed E-state index contributed by atoms with van der Waals surface area (Å²) in [6.45, 7) is 3.12. The minimum atomic E-state index is 1.02. The highest BCUT2D eigenvalue weighted by Crippen LogP contribution is 2.22. The molecule has 0 N–H and O–H groups in total. The zero-order valence-corrected chi connectivity index (χ0v) is 5.33. The topological polar surface area (TPSA) is 30.7 Å². The Morgan fingerprint density at radius 3 is 3.33 bits per heavy atom. The molecule has 2 rings (SSSR count). The van der Waals surface area contributed by atoms with Crippen molar-refractivity contribution in [1.29, 1.82) is 0 Å². The molecule has 2 heterocycles. The Bertz CT molecular complexity index is 216. The highest BCUT2D eigenvalue weighted by molar-refractivity contribution is 5.15. The van der Waals surface area contributed by atoms with Gasteiger partial charge >= 0.3 is 0 Å². The van der Waals surface area contributed by atoms with Gasteiger partial charge in [-0.3, -0.25) is 0 Å². The molecule has 0 saturated heterocycles. The number of hydrogen-bond acceptors (Lipinski definition) is 2. The second kappa shape index (κ2) is 1.56. The van der Waals surface area contributed by atoms with Crippen molar-refractivity contribution >= 4 is 0 Å². The van der Waals surface area contributed by atoms with Crippen LogP contribution in [0.5, 0.6) is 0 Å². The third-order valence-electron chi connectivity index (χ3n) is 1.70. The molecule has 0 fully saturated rings. The van der Waals surface area contributed by atoms with E-state index in [-0.39, 0.29) is 0 Å². The van der Waals surface area contributed by atoms with E-state index < -0.39 is 0 Å². The molecule has 1 aliphatic heterocycles. The second-order valence-corrected chi connectivity index (χ2v) is 2.34. The average molecular weight is 122 g/mol. The van der Waals surface area contributed by atoms with Gasteiger partial charge in [-0.15, -0.1) is 0 Å². The molecule has 0 spiro atoms. The predicted octanol–water partition coefficient (Wildman–Crippen LogP) is 0.624. The summed E-state index contributed by atoms with van der Waals surface area (Å²) in [6.07, 6.45) is 2.73. The number of hydrogen-bond donors (Lipinski definition) is 0. The van der Waals surface area contributed by atoms with Gasteiger partial charge in [-0.05, 0) is 6.42 Å². The third-order valence-corrected chi connectivity index (χ3v) is 1.70. The molecule has 0 bridgehead atoms. The van der Waals surface area contributed by atoms with E-state index in [0.717, 1.165) is 18.8 Å². The molecule has 0 amide bonds. The molecule has 1 aliphatic rings. The monoisotopic (exact) mass is 122 g/mol. The first kappa shape index (κ1) is 4.97. The molecule has 3 nitrogen and oxygen atoms in total. The van der Waals surface area contributed by atoms with Crippen LogP contribution in [0.3, 0.4) is 0 Å². The highest BCUT2D eigenvalue weighted by Gasteiger charge is 2.19. The minimum Gasteiger partial charge on any atom is -0.249 e. The van der Waals surface area contributed by atoms with Crippen molar-refractivity contribution in [3.05, 3.63) is 18.1 Å². The van der Waals surface area contributed by atoms with E-state index in [4.69, 9.17) is 0 Å². The lowest BCUT2D eigenvalue weighted by atomic mass is 10.1. The number of fused-ring (bicyclic) bond motifs is 1. The Morgan fingerprint density at radius 2 is 2.56 bits per heavy atom. The van der Waals surface area contributed by atoms with Crippen LogP contribution < -0.4 is 0 Å². The number of aromatic nitrogens is 3. The maximum absolute atomic E-state index is 4.09. The maximum atomic E-state index is 4.09. The third kappa shape index (κ3) is 0.573. The Balaban J connectivity index is 2.49. The molecule has 0 atom stereocenters. The quantitative estimate of drug-likeness (QED) is 0.505. The molecule has 0 aliphatic carbocycles. The Kier molecular flexibility index (Phi) is 0.860. The first-order valence-electron chi connectivity index (χ1n) is 3.08. The van der Waals surface area contributed by atoms with Crippen molar-refractivity contribution < 1.29 is 0 Å². The standard InChI is InChI=1S/C6H8N3/c1-5-2-3-9-6(5)7-4-8-9/h4H,2-3H2,1H3. The van der Waals surface area contributed by atoms with Crippen molar-refractivity contribution in [1.82, 2.24) is 14.8 Å². The van der Waals surface area contributed by atoms with Crippen LogP contribution >= 0.6 is 0 Å². The fourth-order valence-electron chi connectivity index (χ4n) is 1.14. The molecule has 3 heteroatoms. The lowest BCUT2D eigenvalue weighted by Crippen LogP contribution is -1.94. The Hall–Kier alpha value is -0.860. The van der Waals surface area contributed by atoms with E-state index >= 15 is 0 Å².